The summed E-state index contributed by atoms with van der Waals surface area (Å²) in [5.41, 5.74) is 1.62. The zero-order chi connectivity index (χ0) is 61.0. The maximum atomic E-state index is 11.8. The molecule has 448 valence electrons. The van der Waals surface area contributed by atoms with Gasteiger partial charge in [0.15, 0.2) is 6.07 Å². The zero-order valence-electron chi connectivity index (χ0n) is 49.6. The summed E-state index contributed by atoms with van der Waals surface area (Å²) < 4.78 is 32.3. The van der Waals surface area contributed by atoms with E-state index in [-0.39, 0.29) is 53.5 Å². The van der Waals surface area contributed by atoms with E-state index in [2.05, 4.69) is 64.9 Å². The van der Waals surface area contributed by atoms with Crippen molar-refractivity contribution in [3.8, 4) is 0 Å². The molecule has 0 bridgehead atoms. The molecule has 14 nitrogen and oxygen atoms in total. The van der Waals surface area contributed by atoms with E-state index in [9.17, 15) is 28.8 Å². The first-order chi connectivity index (χ1) is 36.7. The molecule has 0 saturated carbocycles. The first kappa shape index (κ1) is 78.2. The van der Waals surface area contributed by atoms with Crippen LogP contribution in [0, 0.1) is 27.1 Å². The second kappa shape index (κ2) is 46.6. The van der Waals surface area contributed by atoms with E-state index in [0.29, 0.717) is 30.0 Å². The molecule has 0 radical (unpaired) electrons. The van der Waals surface area contributed by atoms with E-state index in [1.807, 2.05) is 153 Å². The van der Waals surface area contributed by atoms with Crippen LogP contribution >= 0.6 is 105 Å². The number of alkyl halides is 1. The first-order valence-corrected chi connectivity index (χ1v) is 33.6. The predicted molar refractivity (Wildman–Crippen MR) is 343 cm³/mol. The summed E-state index contributed by atoms with van der Waals surface area (Å²) in [7, 11) is 3.62. The van der Waals surface area contributed by atoms with E-state index >= 15 is 0 Å². The molecule has 2 N–H and O–H groups in total. The van der Waals surface area contributed by atoms with E-state index in [1.54, 1.807) is 62.1 Å². The third-order valence-corrected chi connectivity index (χ3v) is 14.2. The van der Waals surface area contributed by atoms with Gasteiger partial charge in [0.25, 0.3) is 0 Å². The van der Waals surface area contributed by atoms with E-state index < -0.39 is 33.1 Å². The molecule has 0 saturated heterocycles. The van der Waals surface area contributed by atoms with Gasteiger partial charge in [-0.15, -0.1) is 64.8 Å². The Morgan fingerprint density at radius 2 is 0.872 bits per heavy atom. The highest BCUT2D eigenvalue weighted by Crippen LogP contribution is 2.23. The third kappa shape index (κ3) is 51.1. The largest absolute Gasteiger partial charge is 0.454 e. The number of nitrogens with one attached hydrogen (secondary N) is 1. The number of carbonyl (C=O) groups excluding carboxylic acids is 6. The summed E-state index contributed by atoms with van der Waals surface area (Å²) in [6.07, 6.45) is 16.6. The van der Waals surface area contributed by atoms with Crippen LogP contribution in [-0.4, -0.2) is 128 Å². The number of esters is 5. The molecule has 0 heterocycles. The first-order valence-electron chi connectivity index (χ1n) is 25.3. The van der Waals surface area contributed by atoms with E-state index in [4.69, 9.17) is 32.0 Å². The van der Waals surface area contributed by atoms with Gasteiger partial charge in [0.05, 0.1) is 39.7 Å². The molecule has 1 atom stereocenters. The fourth-order valence-corrected chi connectivity index (χ4v) is 8.37. The van der Waals surface area contributed by atoms with Gasteiger partial charge in [0, 0.05) is 40.3 Å². The molecule has 0 fully saturated rings. The predicted octanol–water partition coefficient (Wildman–Crippen LogP) is 13.7. The van der Waals surface area contributed by atoms with Crippen molar-refractivity contribution < 1.29 is 59.1 Å². The van der Waals surface area contributed by atoms with Crippen molar-refractivity contribution in [3.05, 3.63) is 84.5 Å². The average molecular weight is 1270 g/mol. The molecule has 1 aromatic carbocycles. The molecule has 78 heavy (non-hydrogen) atoms. The molecule has 0 spiro atoms. The van der Waals surface area contributed by atoms with Crippen LogP contribution in [0.15, 0.2) is 78.9 Å². The number of hydroxylamine groups is 1. The summed E-state index contributed by atoms with van der Waals surface area (Å²) in [5, 5.41) is 5.34. The SMILES string of the molecule is CC(C)(C)C(=O)OCCl.CC(C)(C)C(=O)OCSC/C=C\CS.CC(C)(C)C(=O)OCSC/C=C\CSSC/C=C\CSCOC(=O)C(C)(C)C.[3H]ON(C/C=C\CSCOC(=O)C(C)(C)C)NC(Cc1ccccc1)C(=O)S. The average Bonchev–Trinajstić information content (AvgIpc) is 3.35. The maximum Gasteiger partial charge on any atom is 0.312 e. The highest BCUT2D eigenvalue weighted by atomic mass is 35.5. The number of thiol groups is 2. The minimum Gasteiger partial charge on any atom is -0.454 e. The standard InChI is InChI=1S/C20H34O4S4.C19H28N2O4S2.C10H18O2S2.C6H11ClO2/c1-19(2,3)17(21)23-15-25-11-7-9-13-27-28-14-10-8-12-26-16-24-18(22)20(4,5)6;1-19(2,3)18(23)25-14-27-12-8-7-11-21(24)20-16(17(22)26)13-15-9-5-4-6-10-15;1-10(2,3)9(11)12-8-14-7-5-4-6-13;1-6(2,3)5(8)9-4-7/h7-10H,11-16H2,1-6H3;4-10,16,20,24H,11-14H2,1-3H3,(H,22,26);4-5,13H,6-8H2,1-3H3;4H2,1-3H3/b9-7-,10-8-;8-7-;5-4-;/i;24T;;. The number of benzene rings is 1. The molecule has 0 amide bonds. The van der Waals surface area contributed by atoms with Gasteiger partial charge in [-0.3, -0.25) is 34.0 Å². The molecule has 0 aliphatic heterocycles. The lowest BCUT2D eigenvalue weighted by Crippen LogP contribution is -2.46. The molecule has 0 aromatic heterocycles. The monoisotopic (exact) mass is 1260 g/mol. The molecular weight excluding hydrogens is 1170 g/mol. The fraction of sp³-hybridized carbons (Fsp3) is 0.636. The van der Waals surface area contributed by atoms with Crippen molar-refractivity contribution in [2.24, 2.45) is 27.1 Å². The highest BCUT2D eigenvalue weighted by Gasteiger charge is 2.26. The Morgan fingerprint density at radius 1 is 0.551 bits per heavy atom. The fourth-order valence-electron chi connectivity index (χ4n) is 4.07. The molecule has 1 rings (SSSR count). The van der Waals surface area contributed by atoms with Gasteiger partial charge in [0.2, 0.25) is 6.55 Å². The van der Waals surface area contributed by atoms with Crippen LogP contribution in [0.1, 0.15) is 109 Å². The Labute approximate surface area is 510 Å². The Bertz CT molecular complexity index is 1910. The van der Waals surface area contributed by atoms with E-state index in [0.717, 1.165) is 45.3 Å². The van der Waals surface area contributed by atoms with Crippen molar-refractivity contribution in [1.82, 2.24) is 10.6 Å². The van der Waals surface area contributed by atoms with Crippen molar-refractivity contribution in [2.45, 2.75) is 116 Å². The van der Waals surface area contributed by atoms with Gasteiger partial charge >= 0.3 is 29.8 Å². The number of hydrogen-bond donors (Lipinski definition) is 4. The van der Waals surface area contributed by atoms with Crippen molar-refractivity contribution in [3.63, 3.8) is 0 Å². The minimum absolute atomic E-state index is 0.0594. The Morgan fingerprint density at radius 3 is 1.17 bits per heavy atom. The molecule has 1 unspecified atom stereocenters. The van der Waals surface area contributed by atoms with Crippen LogP contribution < -0.4 is 5.43 Å². The van der Waals surface area contributed by atoms with Gasteiger partial charge < -0.3 is 23.7 Å². The van der Waals surface area contributed by atoms with Gasteiger partial charge in [-0.05, 0) is 116 Å². The molecule has 23 heteroatoms. The number of carbonyl (C=O) groups is 6. The van der Waals surface area contributed by atoms with Crippen molar-refractivity contribution in [2.75, 3.05) is 76.6 Å². The van der Waals surface area contributed by atoms with Crippen LogP contribution in [0.5, 0.6) is 0 Å². The van der Waals surface area contributed by atoms with Crippen LogP contribution in [-0.2, 0) is 58.9 Å². The number of thioether (sulfide) groups is 4. The Hall–Kier alpha value is -1.83. The summed E-state index contributed by atoms with van der Waals surface area (Å²) in [5.74, 6) is 6.40. The summed E-state index contributed by atoms with van der Waals surface area (Å²) in [6.45, 7) is 27.7. The Kier molecular flexibility index (Phi) is 46.8. The second-order valence-corrected chi connectivity index (χ2v) is 28.9. The number of hydrazine groups is 1. The minimum atomic E-state index is -0.615. The van der Waals surface area contributed by atoms with Gasteiger partial charge in [-0.25, -0.2) is 5.43 Å². The number of halogens is 1. The molecule has 0 aliphatic rings. The molecular formula is C55H91ClN2O12S8. The third-order valence-electron chi connectivity index (χ3n) is 8.53. The van der Waals surface area contributed by atoms with Gasteiger partial charge in [0.1, 0.15) is 23.8 Å². The van der Waals surface area contributed by atoms with Gasteiger partial charge in [-0.1, -0.05) is 112 Å². The van der Waals surface area contributed by atoms with Crippen molar-refractivity contribution >= 4 is 140 Å². The number of nitrogens with zero attached hydrogens (tertiary/aromatic N) is 1. The summed E-state index contributed by atoms with van der Waals surface area (Å²) in [4.78, 5) is 68.6. The lowest BCUT2D eigenvalue weighted by Gasteiger charge is -2.21. The van der Waals surface area contributed by atoms with E-state index in [1.165, 1.54) is 11.8 Å². The van der Waals surface area contributed by atoms with Crippen LogP contribution in [0.4, 0.5) is 0 Å². The summed E-state index contributed by atoms with van der Waals surface area (Å²) in [6, 6.07) is 8.86. The Balaban J connectivity index is -0.00000106. The summed E-state index contributed by atoms with van der Waals surface area (Å²) >= 11 is 19.3. The van der Waals surface area contributed by atoms with Crippen molar-refractivity contribution in [1.29, 1.82) is 0 Å². The van der Waals surface area contributed by atoms with Gasteiger partial charge in [-0.2, -0.15) is 12.6 Å². The lowest BCUT2D eigenvalue weighted by atomic mass is 9.98. The maximum absolute atomic E-state index is 11.8. The molecule has 0 aliphatic carbocycles. The topological polar surface area (TPSA) is 184 Å². The number of rotatable bonds is 31. The smallest absolute Gasteiger partial charge is 0.312 e. The second-order valence-electron chi connectivity index (χ2n) is 21.4. The normalized spacial score (nSPS) is 12.7. The lowest BCUT2D eigenvalue weighted by molar-refractivity contribution is -0.151. The van der Waals surface area contributed by atoms with Crippen LogP contribution in [0.25, 0.3) is 0 Å². The molecule has 1 aromatic rings. The number of ether oxygens (including phenoxy) is 5. The zero-order valence-corrected chi connectivity index (χ0v) is 56.0. The number of hydrogen-bond acceptors (Lipinski definition) is 21. The van der Waals surface area contributed by atoms with Crippen LogP contribution in [0.3, 0.4) is 0 Å². The van der Waals surface area contributed by atoms with Crippen LogP contribution in [0.2, 0.25) is 1.43 Å². The quantitative estimate of drug-likeness (QED) is 0.00633. The highest BCUT2D eigenvalue weighted by molar-refractivity contribution is 8.76.